The van der Waals surface area contributed by atoms with Crippen molar-refractivity contribution in [2.45, 2.75) is 25.2 Å². The van der Waals surface area contributed by atoms with Crippen LogP contribution in [0.25, 0.3) is 0 Å². The van der Waals surface area contributed by atoms with E-state index in [2.05, 4.69) is 12.1 Å². The molecule has 0 N–H and O–H groups in total. The lowest BCUT2D eigenvalue weighted by Crippen LogP contribution is -2.41. The molecule has 1 aliphatic heterocycles. The van der Waals surface area contributed by atoms with Gasteiger partial charge in [-0.1, -0.05) is 36.8 Å². The van der Waals surface area contributed by atoms with E-state index in [0.29, 0.717) is 19.0 Å². The van der Waals surface area contributed by atoms with Gasteiger partial charge in [0.15, 0.2) is 0 Å². The molecule has 0 saturated carbocycles. The fourth-order valence-corrected chi connectivity index (χ4v) is 3.74. The van der Waals surface area contributed by atoms with Gasteiger partial charge >= 0.3 is 0 Å². The SMILES string of the molecule is CN(C)S(=O)(=O)N1CCCCC(c2ccccc2)C1. The van der Waals surface area contributed by atoms with E-state index < -0.39 is 10.2 Å². The van der Waals surface area contributed by atoms with E-state index in [1.54, 1.807) is 18.4 Å². The van der Waals surface area contributed by atoms with Gasteiger partial charge in [0.2, 0.25) is 0 Å². The molecule has 19 heavy (non-hydrogen) atoms. The molecule has 0 aromatic heterocycles. The van der Waals surface area contributed by atoms with Crippen molar-refractivity contribution in [3.05, 3.63) is 35.9 Å². The molecular weight excluding hydrogens is 260 g/mol. The molecule has 4 nitrogen and oxygen atoms in total. The predicted molar refractivity (Wildman–Crippen MR) is 77.2 cm³/mol. The van der Waals surface area contributed by atoms with E-state index in [1.165, 1.54) is 9.87 Å². The molecule has 1 aromatic rings. The zero-order chi connectivity index (χ0) is 13.9. The Morgan fingerprint density at radius 1 is 1.16 bits per heavy atom. The lowest BCUT2D eigenvalue weighted by molar-refractivity contribution is 0.371. The quantitative estimate of drug-likeness (QED) is 0.851. The molecule has 2 rings (SSSR count). The van der Waals surface area contributed by atoms with Gasteiger partial charge in [-0.2, -0.15) is 17.0 Å². The minimum atomic E-state index is -3.30. The van der Waals surface area contributed by atoms with Gasteiger partial charge in [-0.15, -0.1) is 0 Å². The lowest BCUT2D eigenvalue weighted by Gasteiger charge is -2.26. The molecule has 0 amide bonds. The van der Waals surface area contributed by atoms with Gasteiger partial charge in [0.05, 0.1) is 0 Å². The Balaban J connectivity index is 2.20. The first-order valence-corrected chi connectivity index (χ1v) is 8.14. The fraction of sp³-hybridized carbons (Fsp3) is 0.571. The van der Waals surface area contributed by atoms with Gasteiger partial charge in [-0.3, -0.25) is 0 Å². The largest absolute Gasteiger partial charge is 0.281 e. The van der Waals surface area contributed by atoms with Crippen molar-refractivity contribution in [2.24, 2.45) is 0 Å². The van der Waals surface area contributed by atoms with Crippen LogP contribution in [0.15, 0.2) is 30.3 Å². The smallest absolute Gasteiger partial charge is 0.195 e. The van der Waals surface area contributed by atoms with E-state index in [0.717, 1.165) is 19.3 Å². The van der Waals surface area contributed by atoms with Gasteiger partial charge in [0.25, 0.3) is 10.2 Å². The molecule has 1 atom stereocenters. The molecule has 0 radical (unpaired) electrons. The summed E-state index contributed by atoms with van der Waals surface area (Å²) in [6.07, 6.45) is 3.08. The Morgan fingerprint density at radius 3 is 2.47 bits per heavy atom. The monoisotopic (exact) mass is 282 g/mol. The molecule has 1 unspecified atom stereocenters. The Morgan fingerprint density at radius 2 is 1.84 bits per heavy atom. The van der Waals surface area contributed by atoms with Crippen LogP contribution in [0.3, 0.4) is 0 Å². The first-order chi connectivity index (χ1) is 9.01. The Kier molecular flexibility index (Phi) is 4.60. The first-order valence-electron chi connectivity index (χ1n) is 6.74. The van der Waals surface area contributed by atoms with Crippen LogP contribution in [0, 0.1) is 0 Å². The van der Waals surface area contributed by atoms with Crippen LogP contribution in [0.5, 0.6) is 0 Å². The van der Waals surface area contributed by atoms with Crippen molar-refractivity contribution in [3.63, 3.8) is 0 Å². The standard InChI is InChI=1S/C14H22N2O2S/c1-15(2)19(17,18)16-11-7-6-10-14(12-16)13-8-4-3-5-9-13/h3-5,8-9,14H,6-7,10-12H2,1-2H3. The van der Waals surface area contributed by atoms with Crippen molar-refractivity contribution in [1.82, 2.24) is 8.61 Å². The zero-order valence-electron chi connectivity index (χ0n) is 11.6. The summed E-state index contributed by atoms with van der Waals surface area (Å²) in [6, 6.07) is 10.2. The maximum Gasteiger partial charge on any atom is 0.281 e. The number of benzene rings is 1. The van der Waals surface area contributed by atoms with Crippen LogP contribution in [-0.2, 0) is 10.2 Å². The van der Waals surface area contributed by atoms with Crippen LogP contribution < -0.4 is 0 Å². The zero-order valence-corrected chi connectivity index (χ0v) is 12.4. The van der Waals surface area contributed by atoms with Crippen LogP contribution in [0.2, 0.25) is 0 Å². The van der Waals surface area contributed by atoms with E-state index in [4.69, 9.17) is 0 Å². The van der Waals surface area contributed by atoms with Gasteiger partial charge < -0.3 is 0 Å². The molecule has 1 saturated heterocycles. The van der Waals surface area contributed by atoms with Crippen molar-refractivity contribution in [1.29, 1.82) is 0 Å². The van der Waals surface area contributed by atoms with Crippen LogP contribution in [0.1, 0.15) is 30.7 Å². The van der Waals surface area contributed by atoms with Crippen molar-refractivity contribution in [2.75, 3.05) is 27.2 Å². The Hall–Kier alpha value is -0.910. The van der Waals surface area contributed by atoms with E-state index in [9.17, 15) is 8.42 Å². The lowest BCUT2D eigenvalue weighted by atomic mass is 9.95. The Bertz CT molecular complexity index is 499. The summed E-state index contributed by atoms with van der Waals surface area (Å²) in [4.78, 5) is 0. The summed E-state index contributed by atoms with van der Waals surface area (Å²) in [5, 5.41) is 0. The number of nitrogens with zero attached hydrogens (tertiary/aromatic N) is 2. The maximum absolute atomic E-state index is 12.3. The second-order valence-corrected chi connectivity index (χ2v) is 7.39. The number of hydrogen-bond donors (Lipinski definition) is 0. The third kappa shape index (κ3) is 3.35. The molecular formula is C14H22N2O2S. The second kappa shape index (κ2) is 6.03. The summed E-state index contributed by atoms with van der Waals surface area (Å²) < 4.78 is 27.5. The minimum absolute atomic E-state index is 0.304. The van der Waals surface area contributed by atoms with Crippen molar-refractivity contribution >= 4 is 10.2 Å². The van der Waals surface area contributed by atoms with E-state index in [-0.39, 0.29) is 0 Å². The average molecular weight is 282 g/mol. The highest BCUT2D eigenvalue weighted by atomic mass is 32.2. The average Bonchev–Trinajstić information content (AvgIpc) is 2.65. The van der Waals surface area contributed by atoms with Crippen molar-refractivity contribution < 1.29 is 8.42 Å². The van der Waals surface area contributed by atoms with Gasteiger partial charge in [0.1, 0.15) is 0 Å². The highest BCUT2D eigenvalue weighted by Crippen LogP contribution is 2.27. The first kappa shape index (κ1) is 14.5. The normalized spacial score (nSPS) is 22.4. The van der Waals surface area contributed by atoms with Gasteiger partial charge in [-0.05, 0) is 24.3 Å². The molecule has 1 fully saturated rings. The molecule has 0 aliphatic carbocycles. The minimum Gasteiger partial charge on any atom is -0.195 e. The van der Waals surface area contributed by atoms with Crippen LogP contribution >= 0.6 is 0 Å². The fourth-order valence-electron chi connectivity index (χ4n) is 2.55. The number of rotatable bonds is 3. The summed E-state index contributed by atoms with van der Waals surface area (Å²) >= 11 is 0. The van der Waals surface area contributed by atoms with Gasteiger partial charge in [-0.25, -0.2) is 0 Å². The summed E-state index contributed by atoms with van der Waals surface area (Å²) in [5.41, 5.74) is 1.24. The van der Waals surface area contributed by atoms with Crippen LogP contribution in [0.4, 0.5) is 0 Å². The molecule has 1 aromatic carbocycles. The Labute approximate surface area is 116 Å². The summed E-state index contributed by atoms with van der Waals surface area (Å²) in [5.74, 6) is 0.304. The van der Waals surface area contributed by atoms with Crippen LogP contribution in [-0.4, -0.2) is 44.2 Å². The maximum atomic E-state index is 12.3. The topological polar surface area (TPSA) is 40.6 Å². The second-order valence-electron chi connectivity index (χ2n) is 5.25. The third-order valence-electron chi connectivity index (χ3n) is 3.69. The highest BCUT2D eigenvalue weighted by molar-refractivity contribution is 7.86. The third-order valence-corrected chi connectivity index (χ3v) is 5.60. The molecule has 0 spiro atoms. The summed E-state index contributed by atoms with van der Waals surface area (Å²) in [7, 11) is -0.108. The molecule has 0 bridgehead atoms. The van der Waals surface area contributed by atoms with Crippen molar-refractivity contribution in [3.8, 4) is 0 Å². The predicted octanol–water partition coefficient (Wildman–Crippen LogP) is 2.06. The highest BCUT2D eigenvalue weighted by Gasteiger charge is 2.29. The van der Waals surface area contributed by atoms with Gasteiger partial charge in [0, 0.05) is 27.2 Å². The molecule has 1 aliphatic rings. The molecule has 106 valence electrons. The molecule has 5 heteroatoms. The summed E-state index contributed by atoms with van der Waals surface area (Å²) in [6.45, 7) is 1.22. The number of hydrogen-bond acceptors (Lipinski definition) is 2. The van der Waals surface area contributed by atoms with E-state index >= 15 is 0 Å². The molecule has 1 heterocycles. The van der Waals surface area contributed by atoms with E-state index in [1.807, 2.05) is 18.2 Å².